The van der Waals surface area contributed by atoms with Crippen molar-refractivity contribution in [3.8, 4) is 0 Å². The summed E-state index contributed by atoms with van der Waals surface area (Å²) in [7, 11) is 2.29. The van der Waals surface area contributed by atoms with Gasteiger partial charge in [-0.3, -0.25) is 4.90 Å². The van der Waals surface area contributed by atoms with Crippen molar-refractivity contribution >= 4 is 11.6 Å². The first-order valence-electron chi connectivity index (χ1n) is 8.14. The maximum atomic E-state index is 4.83. The summed E-state index contributed by atoms with van der Waals surface area (Å²) in [6, 6.07) is 7.79. The summed E-state index contributed by atoms with van der Waals surface area (Å²) in [6.07, 6.45) is 3.96. The summed E-state index contributed by atoms with van der Waals surface area (Å²) < 4.78 is 0. The maximum absolute atomic E-state index is 4.83. The average molecular weight is 288 g/mol. The van der Waals surface area contributed by atoms with Crippen molar-refractivity contribution in [3.63, 3.8) is 0 Å². The van der Waals surface area contributed by atoms with Gasteiger partial charge < -0.3 is 10.2 Å². The van der Waals surface area contributed by atoms with E-state index in [9.17, 15) is 0 Å². The topological polar surface area (TPSA) is 31.4 Å². The fraction of sp³-hybridized carbons (Fsp3) is 0.706. The summed E-state index contributed by atoms with van der Waals surface area (Å²) in [6.45, 7) is 8.74. The van der Waals surface area contributed by atoms with Crippen molar-refractivity contribution in [2.24, 2.45) is 0 Å². The van der Waals surface area contributed by atoms with Gasteiger partial charge in [-0.25, -0.2) is 4.98 Å². The SMILES string of the molecule is CN1C2CCC1CN(c1cccc(NC(C)(C)C)n1)CC2. The molecule has 1 aromatic heterocycles. The maximum Gasteiger partial charge on any atom is 0.131 e. The monoisotopic (exact) mass is 288 g/mol. The molecule has 1 N–H and O–H groups in total. The first kappa shape index (κ1) is 14.6. The lowest BCUT2D eigenvalue weighted by Crippen LogP contribution is -2.37. The largest absolute Gasteiger partial charge is 0.365 e. The number of fused-ring (bicyclic) bond motifs is 2. The van der Waals surface area contributed by atoms with Gasteiger partial charge in [0.25, 0.3) is 0 Å². The Morgan fingerprint density at radius 2 is 1.90 bits per heavy atom. The minimum Gasteiger partial charge on any atom is -0.365 e. The van der Waals surface area contributed by atoms with Crippen LogP contribution in [0.4, 0.5) is 11.6 Å². The first-order chi connectivity index (χ1) is 9.92. The zero-order valence-electron chi connectivity index (χ0n) is 13.8. The number of nitrogens with one attached hydrogen (secondary N) is 1. The van der Waals surface area contributed by atoms with Crippen LogP contribution < -0.4 is 10.2 Å². The molecule has 4 heteroatoms. The predicted octanol–water partition coefficient (Wildman–Crippen LogP) is 2.96. The highest BCUT2D eigenvalue weighted by atomic mass is 15.3. The van der Waals surface area contributed by atoms with E-state index in [0.29, 0.717) is 6.04 Å². The fourth-order valence-electron chi connectivity index (χ4n) is 3.57. The van der Waals surface area contributed by atoms with Gasteiger partial charge in [0.15, 0.2) is 0 Å². The molecule has 0 aromatic carbocycles. The number of nitrogens with zero attached hydrogens (tertiary/aromatic N) is 3. The summed E-state index contributed by atoms with van der Waals surface area (Å²) in [5, 5.41) is 3.47. The molecule has 2 saturated heterocycles. The van der Waals surface area contributed by atoms with E-state index in [4.69, 9.17) is 4.98 Å². The van der Waals surface area contributed by atoms with Crippen LogP contribution in [0.3, 0.4) is 0 Å². The van der Waals surface area contributed by atoms with E-state index in [1.54, 1.807) is 0 Å². The highest BCUT2D eigenvalue weighted by Crippen LogP contribution is 2.30. The lowest BCUT2D eigenvalue weighted by molar-refractivity contribution is 0.254. The van der Waals surface area contributed by atoms with Gasteiger partial charge in [-0.05, 0) is 59.2 Å². The number of anilines is 2. The van der Waals surface area contributed by atoms with Crippen LogP contribution in [0, 0.1) is 0 Å². The third kappa shape index (κ3) is 3.31. The van der Waals surface area contributed by atoms with Crippen LogP contribution in [0.1, 0.15) is 40.0 Å². The molecule has 116 valence electrons. The van der Waals surface area contributed by atoms with E-state index in [2.05, 4.69) is 61.1 Å². The second-order valence-corrected chi connectivity index (χ2v) is 7.54. The molecular weight excluding hydrogens is 260 g/mol. The smallest absolute Gasteiger partial charge is 0.131 e. The molecule has 3 rings (SSSR count). The standard InChI is InChI=1S/C17H28N4/c1-17(2,3)19-15-6-5-7-16(18-15)21-11-10-13-8-9-14(12-21)20(13)4/h5-7,13-14H,8-12H2,1-4H3,(H,18,19). The molecule has 2 aliphatic heterocycles. The van der Waals surface area contributed by atoms with E-state index in [-0.39, 0.29) is 5.54 Å². The van der Waals surface area contributed by atoms with E-state index in [1.165, 1.54) is 19.3 Å². The second-order valence-electron chi connectivity index (χ2n) is 7.54. The Kier molecular flexibility index (Phi) is 3.82. The molecule has 2 bridgehead atoms. The fourth-order valence-corrected chi connectivity index (χ4v) is 3.57. The number of aromatic nitrogens is 1. The number of likely N-dealkylation sites (N-methyl/N-ethyl adjacent to an activating group) is 1. The molecule has 0 spiro atoms. The molecule has 0 saturated carbocycles. The molecule has 2 atom stereocenters. The van der Waals surface area contributed by atoms with Gasteiger partial charge in [0.05, 0.1) is 0 Å². The Hall–Kier alpha value is -1.29. The summed E-state index contributed by atoms with van der Waals surface area (Å²) in [5.74, 6) is 2.09. The lowest BCUT2D eigenvalue weighted by Gasteiger charge is -2.28. The first-order valence-corrected chi connectivity index (χ1v) is 8.14. The molecule has 2 unspecified atom stereocenters. The van der Waals surface area contributed by atoms with Crippen molar-refractivity contribution in [1.29, 1.82) is 0 Å². The van der Waals surface area contributed by atoms with Crippen LogP contribution in [0.25, 0.3) is 0 Å². The molecule has 1 aromatic rings. The average Bonchev–Trinajstić information content (AvgIpc) is 2.61. The van der Waals surface area contributed by atoms with E-state index in [1.807, 2.05) is 0 Å². The quantitative estimate of drug-likeness (QED) is 0.906. The highest BCUT2D eigenvalue weighted by molar-refractivity contribution is 5.48. The van der Waals surface area contributed by atoms with Gasteiger partial charge in [0.1, 0.15) is 11.6 Å². The highest BCUT2D eigenvalue weighted by Gasteiger charge is 2.34. The van der Waals surface area contributed by atoms with Gasteiger partial charge in [-0.2, -0.15) is 0 Å². The Balaban J connectivity index is 1.76. The normalized spacial score (nSPS) is 26.8. The third-order valence-corrected chi connectivity index (χ3v) is 4.71. The number of rotatable bonds is 2. The van der Waals surface area contributed by atoms with Crippen LogP contribution >= 0.6 is 0 Å². The molecule has 0 amide bonds. The van der Waals surface area contributed by atoms with Crippen LogP contribution in [0.15, 0.2) is 18.2 Å². The van der Waals surface area contributed by atoms with E-state index < -0.39 is 0 Å². The van der Waals surface area contributed by atoms with Crippen molar-refractivity contribution in [2.45, 2.75) is 57.7 Å². The molecule has 3 heterocycles. The number of pyridine rings is 1. The lowest BCUT2D eigenvalue weighted by atomic mass is 10.1. The molecule has 2 aliphatic rings. The molecular formula is C17H28N4. The van der Waals surface area contributed by atoms with Crippen LogP contribution in [0.5, 0.6) is 0 Å². The van der Waals surface area contributed by atoms with Gasteiger partial charge >= 0.3 is 0 Å². The molecule has 0 aliphatic carbocycles. The Bertz CT molecular complexity index is 494. The number of hydrogen-bond donors (Lipinski definition) is 1. The Morgan fingerprint density at radius 1 is 1.14 bits per heavy atom. The zero-order valence-corrected chi connectivity index (χ0v) is 13.8. The predicted molar refractivity (Wildman–Crippen MR) is 89.0 cm³/mol. The van der Waals surface area contributed by atoms with Crippen molar-refractivity contribution < 1.29 is 0 Å². The van der Waals surface area contributed by atoms with Crippen molar-refractivity contribution in [3.05, 3.63) is 18.2 Å². The van der Waals surface area contributed by atoms with Gasteiger partial charge in [0, 0.05) is 30.7 Å². The zero-order chi connectivity index (χ0) is 15.0. The van der Waals surface area contributed by atoms with Crippen molar-refractivity contribution in [2.75, 3.05) is 30.4 Å². The van der Waals surface area contributed by atoms with Crippen LogP contribution in [-0.2, 0) is 0 Å². The third-order valence-electron chi connectivity index (χ3n) is 4.71. The van der Waals surface area contributed by atoms with Crippen LogP contribution in [0.2, 0.25) is 0 Å². The summed E-state index contributed by atoms with van der Waals surface area (Å²) in [4.78, 5) is 9.88. The molecule has 21 heavy (non-hydrogen) atoms. The van der Waals surface area contributed by atoms with E-state index in [0.717, 1.165) is 30.8 Å². The van der Waals surface area contributed by atoms with Crippen LogP contribution in [-0.4, -0.2) is 47.6 Å². The van der Waals surface area contributed by atoms with Crippen molar-refractivity contribution in [1.82, 2.24) is 9.88 Å². The van der Waals surface area contributed by atoms with Gasteiger partial charge in [-0.15, -0.1) is 0 Å². The number of hydrogen-bond acceptors (Lipinski definition) is 4. The Labute approximate surface area is 128 Å². The minimum absolute atomic E-state index is 0.0453. The molecule has 4 nitrogen and oxygen atoms in total. The summed E-state index contributed by atoms with van der Waals surface area (Å²) in [5.41, 5.74) is 0.0453. The Morgan fingerprint density at radius 3 is 2.67 bits per heavy atom. The second kappa shape index (κ2) is 5.48. The van der Waals surface area contributed by atoms with Gasteiger partial charge in [-0.1, -0.05) is 6.07 Å². The minimum atomic E-state index is 0.0453. The van der Waals surface area contributed by atoms with E-state index >= 15 is 0 Å². The summed E-state index contributed by atoms with van der Waals surface area (Å²) >= 11 is 0. The van der Waals surface area contributed by atoms with Gasteiger partial charge in [0.2, 0.25) is 0 Å². The molecule has 0 radical (unpaired) electrons. The molecule has 2 fully saturated rings.